The summed E-state index contributed by atoms with van der Waals surface area (Å²) < 4.78 is 7.35. The zero-order chi connectivity index (χ0) is 18.8. The van der Waals surface area contributed by atoms with E-state index in [2.05, 4.69) is 27.2 Å². The Morgan fingerprint density at radius 1 is 1.12 bits per heavy atom. The quantitative estimate of drug-likeness (QED) is 0.526. The van der Waals surface area contributed by atoms with Gasteiger partial charge in [-0.3, -0.25) is 4.79 Å². The first kappa shape index (κ1) is 19.9. The first-order valence-corrected chi connectivity index (χ1v) is 9.11. The molecule has 1 aromatic carbocycles. The van der Waals surface area contributed by atoms with E-state index in [1.807, 2.05) is 56.6 Å². The third-order valence-corrected chi connectivity index (χ3v) is 4.46. The summed E-state index contributed by atoms with van der Waals surface area (Å²) in [6.45, 7) is 1.55. The molecule has 5 nitrogen and oxygen atoms in total. The van der Waals surface area contributed by atoms with Crippen LogP contribution >= 0.6 is 0 Å². The maximum absolute atomic E-state index is 12.2. The molecule has 5 heteroatoms. The summed E-state index contributed by atoms with van der Waals surface area (Å²) in [6, 6.07) is 14.2. The van der Waals surface area contributed by atoms with E-state index in [9.17, 15) is 4.79 Å². The lowest BCUT2D eigenvalue weighted by molar-refractivity contribution is -0.697. The third-order valence-electron chi connectivity index (χ3n) is 4.46. The maximum atomic E-state index is 12.2. The fourth-order valence-corrected chi connectivity index (χ4v) is 2.89. The van der Waals surface area contributed by atoms with Crippen molar-refractivity contribution in [2.45, 2.75) is 31.8 Å². The summed E-state index contributed by atoms with van der Waals surface area (Å²) in [5.41, 5.74) is 1.16. The van der Waals surface area contributed by atoms with Gasteiger partial charge in [-0.05, 0) is 38.2 Å². The molecule has 0 fully saturated rings. The number of methoxy groups -OCH3 is 1. The van der Waals surface area contributed by atoms with Crippen molar-refractivity contribution in [2.24, 2.45) is 0 Å². The van der Waals surface area contributed by atoms with E-state index in [0.717, 1.165) is 30.7 Å². The highest BCUT2D eigenvalue weighted by Gasteiger charge is 2.15. The molecule has 1 heterocycles. The second kappa shape index (κ2) is 10.6. The van der Waals surface area contributed by atoms with E-state index in [1.165, 1.54) is 0 Å². The monoisotopic (exact) mass is 356 g/mol. The third kappa shape index (κ3) is 6.48. The van der Waals surface area contributed by atoms with Gasteiger partial charge >= 0.3 is 0 Å². The van der Waals surface area contributed by atoms with Crippen LogP contribution in [0.2, 0.25) is 0 Å². The van der Waals surface area contributed by atoms with Crippen LogP contribution in [0.1, 0.15) is 30.9 Å². The number of rotatable bonds is 10. The highest BCUT2D eigenvalue weighted by atomic mass is 16.5. The Balaban J connectivity index is 1.74. The average molecular weight is 356 g/mol. The van der Waals surface area contributed by atoms with Gasteiger partial charge in [-0.25, -0.2) is 4.57 Å². The van der Waals surface area contributed by atoms with Gasteiger partial charge in [-0.1, -0.05) is 18.2 Å². The van der Waals surface area contributed by atoms with Gasteiger partial charge in [0.25, 0.3) is 0 Å². The van der Waals surface area contributed by atoms with E-state index >= 15 is 0 Å². The lowest BCUT2D eigenvalue weighted by Crippen LogP contribution is -2.35. The number of benzene rings is 1. The zero-order valence-corrected chi connectivity index (χ0v) is 16.0. The Kier molecular flexibility index (Phi) is 8.09. The molecule has 1 aromatic heterocycles. The van der Waals surface area contributed by atoms with Crippen molar-refractivity contribution in [2.75, 3.05) is 27.7 Å². The standard InChI is InChI=1S/C21H29N3O2/c1-23(2)20(18-10-12-19(26-3)13-11-18)17-22-21(25)9-5-8-16-24-14-6-4-7-15-24/h4,6-7,10-15,20H,5,8-9,16-17H2,1-3H3/p+1. The number of hydrogen-bond donors (Lipinski definition) is 1. The van der Waals surface area contributed by atoms with Crippen molar-refractivity contribution in [3.63, 3.8) is 0 Å². The Labute approximate surface area is 156 Å². The molecule has 2 aromatic rings. The topological polar surface area (TPSA) is 45.5 Å². The summed E-state index contributed by atoms with van der Waals surface area (Å²) in [5, 5.41) is 3.07. The molecule has 0 aliphatic heterocycles. The molecular formula is C21H30N3O2+. The van der Waals surface area contributed by atoms with Crippen molar-refractivity contribution in [1.82, 2.24) is 10.2 Å². The summed E-state index contributed by atoms with van der Waals surface area (Å²) in [6.07, 6.45) is 6.56. The molecule has 0 spiro atoms. The number of likely N-dealkylation sites (N-methyl/N-ethyl adjacent to an activating group) is 1. The van der Waals surface area contributed by atoms with Crippen LogP contribution in [-0.4, -0.2) is 38.6 Å². The number of aromatic nitrogens is 1. The molecule has 0 saturated carbocycles. The van der Waals surface area contributed by atoms with E-state index < -0.39 is 0 Å². The minimum absolute atomic E-state index is 0.114. The highest BCUT2D eigenvalue weighted by Crippen LogP contribution is 2.20. The van der Waals surface area contributed by atoms with Crippen molar-refractivity contribution >= 4 is 5.91 Å². The van der Waals surface area contributed by atoms with E-state index in [1.54, 1.807) is 7.11 Å². The van der Waals surface area contributed by atoms with Crippen molar-refractivity contribution in [3.8, 4) is 5.75 Å². The van der Waals surface area contributed by atoms with Gasteiger partial charge in [0.1, 0.15) is 12.3 Å². The van der Waals surface area contributed by atoms with Crippen LogP contribution in [0, 0.1) is 0 Å². The second-order valence-corrected chi connectivity index (χ2v) is 6.63. The molecule has 1 unspecified atom stereocenters. The lowest BCUT2D eigenvalue weighted by atomic mass is 10.1. The summed E-state index contributed by atoms with van der Waals surface area (Å²) >= 11 is 0. The minimum Gasteiger partial charge on any atom is -0.497 e. The van der Waals surface area contributed by atoms with Crippen LogP contribution in [0.25, 0.3) is 0 Å². The molecule has 2 rings (SSSR count). The fraction of sp³-hybridized carbons (Fsp3) is 0.429. The maximum Gasteiger partial charge on any atom is 0.220 e. The normalized spacial score (nSPS) is 12.0. The van der Waals surface area contributed by atoms with Crippen LogP contribution in [0.15, 0.2) is 54.9 Å². The van der Waals surface area contributed by atoms with Gasteiger partial charge in [-0.2, -0.15) is 0 Å². The van der Waals surface area contributed by atoms with Crippen molar-refractivity contribution in [1.29, 1.82) is 0 Å². The Bertz CT molecular complexity index is 657. The predicted molar refractivity (Wildman–Crippen MR) is 103 cm³/mol. The smallest absolute Gasteiger partial charge is 0.220 e. The molecule has 140 valence electrons. The number of hydrogen-bond acceptors (Lipinski definition) is 3. The largest absolute Gasteiger partial charge is 0.497 e. The van der Waals surface area contributed by atoms with Crippen LogP contribution in [0.4, 0.5) is 0 Å². The number of nitrogens with one attached hydrogen (secondary N) is 1. The number of amides is 1. The van der Waals surface area contributed by atoms with Gasteiger partial charge in [0.05, 0.1) is 13.2 Å². The van der Waals surface area contributed by atoms with Crippen molar-refractivity contribution < 1.29 is 14.1 Å². The van der Waals surface area contributed by atoms with Gasteiger partial charge in [0, 0.05) is 31.5 Å². The van der Waals surface area contributed by atoms with Crippen LogP contribution in [0.5, 0.6) is 5.75 Å². The molecule has 0 aliphatic rings. The van der Waals surface area contributed by atoms with Crippen LogP contribution in [-0.2, 0) is 11.3 Å². The summed E-state index contributed by atoms with van der Waals surface area (Å²) in [4.78, 5) is 14.3. The summed E-state index contributed by atoms with van der Waals surface area (Å²) in [5.74, 6) is 0.954. The molecule has 1 atom stereocenters. The number of carbonyl (C=O) groups excluding carboxylic acids is 1. The van der Waals surface area contributed by atoms with Crippen LogP contribution in [0.3, 0.4) is 0 Å². The molecule has 1 amide bonds. The first-order valence-electron chi connectivity index (χ1n) is 9.11. The number of ether oxygens (including phenoxy) is 1. The van der Waals surface area contributed by atoms with Crippen LogP contribution < -0.4 is 14.6 Å². The average Bonchev–Trinajstić information content (AvgIpc) is 2.66. The number of pyridine rings is 1. The molecule has 0 aliphatic carbocycles. The fourth-order valence-electron chi connectivity index (χ4n) is 2.89. The molecule has 0 bridgehead atoms. The number of carbonyl (C=O) groups is 1. The number of aryl methyl sites for hydroxylation is 1. The van der Waals surface area contributed by atoms with E-state index in [0.29, 0.717) is 13.0 Å². The Morgan fingerprint density at radius 2 is 1.81 bits per heavy atom. The molecule has 26 heavy (non-hydrogen) atoms. The number of nitrogens with zero attached hydrogens (tertiary/aromatic N) is 2. The van der Waals surface area contributed by atoms with Gasteiger partial charge in [-0.15, -0.1) is 0 Å². The highest BCUT2D eigenvalue weighted by molar-refractivity contribution is 5.75. The van der Waals surface area contributed by atoms with Gasteiger partial charge in [0.15, 0.2) is 12.4 Å². The minimum atomic E-state index is 0.114. The Morgan fingerprint density at radius 3 is 2.42 bits per heavy atom. The number of unbranched alkanes of at least 4 members (excludes halogenated alkanes) is 1. The lowest BCUT2D eigenvalue weighted by Gasteiger charge is -2.25. The van der Waals surface area contributed by atoms with Gasteiger partial charge in [0.2, 0.25) is 5.91 Å². The molecule has 0 saturated heterocycles. The van der Waals surface area contributed by atoms with E-state index in [4.69, 9.17) is 4.74 Å². The van der Waals surface area contributed by atoms with Crippen molar-refractivity contribution in [3.05, 3.63) is 60.4 Å². The Hall–Kier alpha value is -2.40. The zero-order valence-electron chi connectivity index (χ0n) is 16.0. The summed E-state index contributed by atoms with van der Waals surface area (Å²) in [7, 11) is 5.71. The predicted octanol–water partition coefficient (Wildman–Crippen LogP) is 2.57. The SMILES string of the molecule is COc1ccc(C(CNC(=O)CCCC[n+]2ccccc2)N(C)C)cc1. The van der Waals surface area contributed by atoms with Gasteiger partial charge < -0.3 is 15.0 Å². The molecular weight excluding hydrogens is 326 g/mol. The van der Waals surface area contributed by atoms with E-state index in [-0.39, 0.29) is 11.9 Å². The molecule has 1 N–H and O–H groups in total. The first-order chi connectivity index (χ1) is 12.6. The second-order valence-electron chi connectivity index (χ2n) is 6.63. The molecule has 0 radical (unpaired) electrons.